The summed E-state index contributed by atoms with van der Waals surface area (Å²) in [6, 6.07) is 20.1. The van der Waals surface area contributed by atoms with Crippen LogP contribution in [0.5, 0.6) is 17.2 Å². The minimum atomic E-state index is -0.304. The molecule has 186 valence electrons. The molecule has 2 aromatic heterocycles. The number of H-pyrrole nitrogens is 1. The van der Waals surface area contributed by atoms with Crippen LogP contribution < -0.4 is 19.5 Å². The smallest absolute Gasteiger partial charge is 0.272 e. The van der Waals surface area contributed by atoms with E-state index in [1.807, 2.05) is 55.6 Å². The molecule has 0 aliphatic carbocycles. The monoisotopic (exact) mass is 516 g/mol. The summed E-state index contributed by atoms with van der Waals surface area (Å²) in [5.41, 5.74) is 2.34. The number of rotatable bonds is 6. The number of fused-ring (bicyclic) bond motifs is 2. The summed E-state index contributed by atoms with van der Waals surface area (Å²) >= 11 is 6.16. The zero-order chi connectivity index (χ0) is 25.4. The average Bonchev–Trinajstić information content (AvgIpc) is 3.57. The van der Waals surface area contributed by atoms with Gasteiger partial charge in [-0.25, -0.2) is 5.10 Å². The van der Waals surface area contributed by atoms with E-state index in [9.17, 15) is 4.79 Å². The van der Waals surface area contributed by atoms with Gasteiger partial charge in [-0.05, 0) is 52.9 Å². The number of carbonyl (C=O) groups is 1. The fourth-order valence-corrected chi connectivity index (χ4v) is 4.49. The molecule has 0 saturated heterocycles. The van der Waals surface area contributed by atoms with Gasteiger partial charge in [-0.3, -0.25) is 4.79 Å². The number of nitrogens with zero attached hydrogens (tertiary/aromatic N) is 4. The van der Waals surface area contributed by atoms with Gasteiger partial charge in [-0.15, -0.1) is 5.10 Å². The molecular weight excluding hydrogens is 496 g/mol. The molecule has 1 amide bonds. The maximum Gasteiger partial charge on any atom is 0.272 e. The molecule has 3 aromatic carbocycles. The summed E-state index contributed by atoms with van der Waals surface area (Å²) in [5, 5.41) is 18.2. The Bertz CT molecular complexity index is 1600. The Kier molecular flexibility index (Phi) is 5.85. The lowest BCUT2D eigenvalue weighted by atomic mass is 10.1. The molecule has 10 nitrogen and oxygen atoms in total. The Morgan fingerprint density at radius 3 is 2.86 bits per heavy atom. The molecule has 0 spiro atoms. The molecule has 0 fully saturated rings. The minimum absolute atomic E-state index is 0.262. The molecular formula is C26H21ClN6O4. The summed E-state index contributed by atoms with van der Waals surface area (Å²) in [4.78, 5) is 13.3. The third-order valence-corrected chi connectivity index (χ3v) is 6.31. The molecule has 5 aromatic rings. The van der Waals surface area contributed by atoms with Gasteiger partial charge in [0.25, 0.3) is 5.91 Å². The highest BCUT2D eigenvalue weighted by molar-refractivity contribution is 6.31. The molecule has 0 bridgehead atoms. The van der Waals surface area contributed by atoms with Crippen molar-refractivity contribution >= 4 is 34.1 Å². The predicted octanol–water partition coefficient (Wildman–Crippen LogP) is 4.48. The average molecular weight is 517 g/mol. The number of aromatic nitrogens is 5. The van der Waals surface area contributed by atoms with E-state index >= 15 is 0 Å². The highest BCUT2D eigenvalue weighted by Crippen LogP contribution is 2.33. The number of amides is 1. The molecule has 0 radical (unpaired) electrons. The molecule has 6 rings (SSSR count). The molecule has 1 unspecified atom stereocenters. The lowest BCUT2D eigenvalue weighted by Gasteiger charge is -2.26. The molecule has 1 aliphatic heterocycles. The number of para-hydroxylation sites is 3. The number of hydrogen-bond donors (Lipinski definition) is 2. The largest absolute Gasteiger partial charge is 0.487 e. The van der Waals surface area contributed by atoms with Gasteiger partial charge in [-0.2, -0.15) is 0 Å². The summed E-state index contributed by atoms with van der Waals surface area (Å²) in [6.07, 6.45) is -0.262. The van der Waals surface area contributed by atoms with E-state index in [0.29, 0.717) is 52.5 Å². The third-order valence-electron chi connectivity index (χ3n) is 6.07. The van der Waals surface area contributed by atoms with Gasteiger partial charge in [0.05, 0.1) is 11.2 Å². The number of ether oxygens (including phenoxy) is 3. The normalized spacial score (nSPS) is 14.5. The van der Waals surface area contributed by atoms with Crippen molar-refractivity contribution in [1.29, 1.82) is 0 Å². The number of aromatic amines is 1. The maximum atomic E-state index is 13.3. The number of nitrogens with one attached hydrogen (secondary N) is 2. The quantitative estimate of drug-likeness (QED) is 0.341. The molecule has 3 heterocycles. The Labute approximate surface area is 216 Å². The molecule has 11 heteroatoms. The fraction of sp³-hybridized carbons (Fsp3) is 0.154. The molecule has 2 N–H and O–H groups in total. The first-order valence-corrected chi connectivity index (χ1v) is 11.9. The van der Waals surface area contributed by atoms with E-state index in [1.54, 1.807) is 22.8 Å². The van der Waals surface area contributed by atoms with Crippen molar-refractivity contribution in [2.75, 3.05) is 18.5 Å². The second kappa shape index (κ2) is 9.47. The number of tetrazole rings is 1. The third kappa shape index (κ3) is 4.43. The van der Waals surface area contributed by atoms with Crippen molar-refractivity contribution in [2.24, 2.45) is 7.05 Å². The summed E-state index contributed by atoms with van der Waals surface area (Å²) in [6.45, 7) is 0.678. The van der Waals surface area contributed by atoms with Crippen molar-refractivity contribution in [3.63, 3.8) is 0 Å². The number of anilines is 1. The highest BCUT2D eigenvalue weighted by Gasteiger charge is 2.23. The van der Waals surface area contributed by atoms with Gasteiger partial charge in [0, 0.05) is 23.0 Å². The van der Waals surface area contributed by atoms with Gasteiger partial charge in [-0.1, -0.05) is 35.9 Å². The lowest BCUT2D eigenvalue weighted by molar-refractivity contribution is 0.0539. The Morgan fingerprint density at radius 2 is 2.03 bits per heavy atom. The number of carbonyl (C=O) groups excluding carboxylic acids is 1. The van der Waals surface area contributed by atoms with Crippen LogP contribution in [0.1, 0.15) is 10.5 Å². The van der Waals surface area contributed by atoms with E-state index in [4.69, 9.17) is 25.8 Å². The van der Waals surface area contributed by atoms with E-state index in [2.05, 4.69) is 25.9 Å². The number of hydrogen-bond acceptors (Lipinski definition) is 7. The van der Waals surface area contributed by atoms with Gasteiger partial charge in [0.2, 0.25) is 0 Å². The van der Waals surface area contributed by atoms with E-state index < -0.39 is 0 Å². The first kappa shape index (κ1) is 22.9. The van der Waals surface area contributed by atoms with Crippen LogP contribution in [-0.2, 0) is 7.05 Å². The van der Waals surface area contributed by atoms with Crippen molar-refractivity contribution in [2.45, 2.75) is 6.10 Å². The van der Waals surface area contributed by atoms with E-state index in [-0.39, 0.29) is 12.0 Å². The highest BCUT2D eigenvalue weighted by atomic mass is 35.5. The Morgan fingerprint density at radius 1 is 1.16 bits per heavy atom. The topological polar surface area (TPSA) is 116 Å². The fourth-order valence-electron chi connectivity index (χ4n) is 4.32. The molecule has 0 saturated carbocycles. The van der Waals surface area contributed by atoms with Crippen molar-refractivity contribution in [3.05, 3.63) is 77.4 Å². The Hall–Kier alpha value is -4.57. The SMILES string of the molecule is Cn1c(C(=O)Nc2ccc(Cl)cc2-c2nnn[nH]2)cc2cccc(OCC3COc4ccccc4O3)c21. The van der Waals surface area contributed by atoms with Crippen LogP contribution in [0.4, 0.5) is 5.69 Å². The summed E-state index contributed by atoms with van der Waals surface area (Å²) < 4.78 is 19.7. The van der Waals surface area contributed by atoms with Crippen LogP contribution in [0, 0.1) is 0 Å². The van der Waals surface area contributed by atoms with E-state index in [0.717, 1.165) is 16.7 Å². The van der Waals surface area contributed by atoms with Crippen LogP contribution in [0.3, 0.4) is 0 Å². The van der Waals surface area contributed by atoms with Crippen molar-refractivity contribution in [3.8, 4) is 28.6 Å². The second-order valence-electron chi connectivity index (χ2n) is 8.49. The van der Waals surface area contributed by atoms with Crippen LogP contribution >= 0.6 is 11.6 Å². The van der Waals surface area contributed by atoms with Gasteiger partial charge in [0.15, 0.2) is 23.4 Å². The van der Waals surface area contributed by atoms with Crippen LogP contribution in [0.15, 0.2) is 66.7 Å². The van der Waals surface area contributed by atoms with Crippen molar-refractivity contribution < 1.29 is 19.0 Å². The lowest BCUT2D eigenvalue weighted by Crippen LogP contribution is -2.34. The zero-order valence-electron chi connectivity index (χ0n) is 19.6. The number of halogens is 1. The van der Waals surface area contributed by atoms with Crippen molar-refractivity contribution in [1.82, 2.24) is 25.2 Å². The number of benzene rings is 3. The van der Waals surface area contributed by atoms with Gasteiger partial charge in [0.1, 0.15) is 24.7 Å². The standard InChI is InChI=1S/C26H21ClN6O4/c1-33-20(26(34)28-19-10-9-16(27)12-18(19)25-29-31-32-30-25)11-15-5-4-8-23(24(15)33)36-14-17-13-35-21-6-2-3-7-22(21)37-17/h2-12,17H,13-14H2,1H3,(H,28,34)(H,29,30,31,32). The summed E-state index contributed by atoms with van der Waals surface area (Å²) in [5.74, 6) is 2.15. The van der Waals surface area contributed by atoms with Crippen LogP contribution in [0.25, 0.3) is 22.3 Å². The predicted molar refractivity (Wildman–Crippen MR) is 137 cm³/mol. The van der Waals surface area contributed by atoms with Gasteiger partial charge < -0.3 is 24.1 Å². The molecule has 37 heavy (non-hydrogen) atoms. The van der Waals surface area contributed by atoms with Crippen LogP contribution in [0.2, 0.25) is 5.02 Å². The van der Waals surface area contributed by atoms with Crippen LogP contribution in [-0.4, -0.2) is 50.4 Å². The van der Waals surface area contributed by atoms with Gasteiger partial charge >= 0.3 is 0 Å². The van der Waals surface area contributed by atoms with E-state index in [1.165, 1.54) is 0 Å². The first-order valence-electron chi connectivity index (χ1n) is 11.5. The zero-order valence-corrected chi connectivity index (χ0v) is 20.4. The maximum absolute atomic E-state index is 13.3. The number of aryl methyl sites for hydroxylation is 1. The summed E-state index contributed by atoms with van der Waals surface area (Å²) in [7, 11) is 1.82. The second-order valence-corrected chi connectivity index (χ2v) is 8.92. The molecule has 1 atom stereocenters. The Balaban J connectivity index is 1.23. The first-order chi connectivity index (χ1) is 18.1. The molecule has 1 aliphatic rings. The minimum Gasteiger partial charge on any atom is -0.487 e.